The van der Waals surface area contributed by atoms with Crippen LogP contribution in [0.3, 0.4) is 0 Å². The fraction of sp³-hybridized carbons (Fsp3) is 0.222. The van der Waals surface area contributed by atoms with E-state index in [-0.39, 0.29) is 11.4 Å². The summed E-state index contributed by atoms with van der Waals surface area (Å²) in [6.07, 6.45) is -1.51. The zero-order valence-corrected chi connectivity index (χ0v) is 8.54. The van der Waals surface area contributed by atoms with Crippen LogP contribution in [-0.4, -0.2) is 11.0 Å². The van der Waals surface area contributed by atoms with Gasteiger partial charge in [0.1, 0.15) is 11.8 Å². The van der Waals surface area contributed by atoms with Crippen LogP contribution in [0.25, 0.3) is 0 Å². The minimum Gasteiger partial charge on any atom is -0.442 e. The molecule has 0 spiro atoms. The van der Waals surface area contributed by atoms with Gasteiger partial charge < -0.3 is 16.2 Å². The van der Waals surface area contributed by atoms with E-state index >= 15 is 0 Å². The molecule has 0 heterocycles. The molecule has 1 aromatic carbocycles. The monoisotopic (exact) mass is 225 g/mol. The molecule has 1 unspecified atom stereocenters. The van der Waals surface area contributed by atoms with E-state index in [1.807, 2.05) is 0 Å². The van der Waals surface area contributed by atoms with Crippen LogP contribution in [0.5, 0.6) is 0 Å². The van der Waals surface area contributed by atoms with Crippen molar-refractivity contribution in [3.8, 4) is 0 Å². The van der Waals surface area contributed by atoms with Gasteiger partial charge in [0.15, 0.2) is 0 Å². The standard InChI is InChI=1S/C9H11N3O4/c1-5(16-9(11)13)6-2-3-8(12(14)15)7(10)4-6/h2-5H,10H2,1H3,(H2,11,13). The van der Waals surface area contributed by atoms with Gasteiger partial charge in [-0.3, -0.25) is 10.1 Å². The quantitative estimate of drug-likeness (QED) is 0.456. The summed E-state index contributed by atoms with van der Waals surface area (Å²) in [5.74, 6) is 0. The number of primary amides is 1. The highest BCUT2D eigenvalue weighted by Gasteiger charge is 2.15. The Morgan fingerprint density at radius 1 is 1.56 bits per heavy atom. The lowest BCUT2D eigenvalue weighted by Gasteiger charge is -2.11. The average Bonchev–Trinajstić information content (AvgIpc) is 2.15. The van der Waals surface area contributed by atoms with Crippen molar-refractivity contribution < 1.29 is 14.5 Å². The number of rotatable bonds is 3. The number of hydrogen-bond donors (Lipinski definition) is 2. The molecule has 4 N–H and O–H groups in total. The molecule has 1 atom stereocenters. The van der Waals surface area contributed by atoms with Crippen molar-refractivity contribution in [3.05, 3.63) is 33.9 Å². The summed E-state index contributed by atoms with van der Waals surface area (Å²) in [4.78, 5) is 20.4. The highest BCUT2D eigenvalue weighted by molar-refractivity contribution is 5.65. The Bertz CT molecular complexity index is 433. The number of nitrogens with zero attached hydrogens (tertiary/aromatic N) is 1. The van der Waals surface area contributed by atoms with Crippen molar-refractivity contribution in [1.82, 2.24) is 0 Å². The van der Waals surface area contributed by atoms with Gasteiger partial charge in [0.05, 0.1) is 4.92 Å². The minimum absolute atomic E-state index is 0.0161. The second-order valence-electron chi connectivity index (χ2n) is 3.15. The second kappa shape index (κ2) is 4.47. The molecule has 86 valence electrons. The number of carbonyl (C=O) groups excluding carboxylic acids is 1. The molecular weight excluding hydrogens is 214 g/mol. The van der Waals surface area contributed by atoms with Crippen LogP contribution in [0.15, 0.2) is 18.2 Å². The van der Waals surface area contributed by atoms with Crippen molar-refractivity contribution >= 4 is 17.5 Å². The van der Waals surface area contributed by atoms with Crippen molar-refractivity contribution in [3.63, 3.8) is 0 Å². The van der Waals surface area contributed by atoms with Crippen LogP contribution in [0.4, 0.5) is 16.2 Å². The number of benzene rings is 1. The fourth-order valence-corrected chi connectivity index (χ4v) is 1.23. The summed E-state index contributed by atoms with van der Waals surface area (Å²) in [6, 6.07) is 4.10. The summed E-state index contributed by atoms with van der Waals surface area (Å²) in [7, 11) is 0. The van der Waals surface area contributed by atoms with Gasteiger partial charge in [-0.15, -0.1) is 0 Å². The molecule has 0 fully saturated rings. The highest BCUT2D eigenvalue weighted by atomic mass is 16.6. The lowest BCUT2D eigenvalue weighted by atomic mass is 10.1. The third-order valence-corrected chi connectivity index (χ3v) is 2.01. The summed E-state index contributed by atoms with van der Waals surface area (Å²) in [5.41, 5.74) is 10.7. The largest absolute Gasteiger partial charge is 0.442 e. The molecule has 0 bridgehead atoms. The molecule has 16 heavy (non-hydrogen) atoms. The van der Waals surface area contributed by atoms with Gasteiger partial charge in [0.25, 0.3) is 5.69 Å². The van der Waals surface area contributed by atoms with Gasteiger partial charge in [-0.2, -0.15) is 0 Å². The lowest BCUT2D eigenvalue weighted by Crippen LogP contribution is -2.15. The third-order valence-electron chi connectivity index (χ3n) is 2.01. The van der Waals surface area contributed by atoms with E-state index in [0.29, 0.717) is 5.56 Å². The molecular formula is C9H11N3O4. The molecule has 0 aromatic heterocycles. The first-order valence-corrected chi connectivity index (χ1v) is 4.41. The topological polar surface area (TPSA) is 121 Å². The Labute approximate surface area is 91.1 Å². The van der Waals surface area contributed by atoms with E-state index in [1.165, 1.54) is 18.2 Å². The molecule has 0 radical (unpaired) electrons. The summed E-state index contributed by atoms with van der Waals surface area (Å²) >= 11 is 0. The molecule has 0 aliphatic heterocycles. The van der Waals surface area contributed by atoms with Crippen molar-refractivity contribution in [2.45, 2.75) is 13.0 Å². The Morgan fingerprint density at radius 2 is 2.19 bits per heavy atom. The van der Waals surface area contributed by atoms with Gasteiger partial charge >= 0.3 is 6.09 Å². The molecule has 0 saturated heterocycles. The molecule has 1 amide bonds. The lowest BCUT2D eigenvalue weighted by molar-refractivity contribution is -0.383. The van der Waals surface area contributed by atoms with E-state index < -0.39 is 17.1 Å². The highest BCUT2D eigenvalue weighted by Crippen LogP contribution is 2.26. The first kappa shape index (κ1) is 11.8. The molecule has 0 saturated carbocycles. The summed E-state index contributed by atoms with van der Waals surface area (Å²) < 4.78 is 4.71. The summed E-state index contributed by atoms with van der Waals surface area (Å²) in [6.45, 7) is 1.59. The smallest absolute Gasteiger partial charge is 0.405 e. The number of nitrogen functional groups attached to an aromatic ring is 1. The maximum atomic E-state index is 10.5. The minimum atomic E-state index is -0.913. The number of nitro benzene ring substituents is 1. The SMILES string of the molecule is CC(OC(N)=O)c1ccc([N+](=O)[O-])c(N)c1. The molecule has 7 heteroatoms. The Kier molecular flexibility index (Phi) is 3.29. The van der Waals surface area contributed by atoms with Crippen LogP contribution in [0, 0.1) is 10.1 Å². The Hall–Kier alpha value is -2.31. The van der Waals surface area contributed by atoms with Gasteiger partial charge in [0, 0.05) is 6.07 Å². The maximum absolute atomic E-state index is 10.5. The molecule has 0 aliphatic rings. The van der Waals surface area contributed by atoms with Crippen LogP contribution in [-0.2, 0) is 4.74 Å². The van der Waals surface area contributed by atoms with E-state index in [4.69, 9.17) is 16.2 Å². The number of hydrogen-bond acceptors (Lipinski definition) is 5. The molecule has 1 rings (SSSR count). The van der Waals surface area contributed by atoms with E-state index in [0.717, 1.165) is 0 Å². The van der Waals surface area contributed by atoms with Crippen LogP contribution < -0.4 is 11.5 Å². The van der Waals surface area contributed by atoms with E-state index in [2.05, 4.69) is 0 Å². The average molecular weight is 225 g/mol. The maximum Gasteiger partial charge on any atom is 0.405 e. The first-order valence-electron chi connectivity index (χ1n) is 4.41. The Morgan fingerprint density at radius 3 is 2.62 bits per heavy atom. The zero-order valence-electron chi connectivity index (χ0n) is 8.54. The van der Waals surface area contributed by atoms with Crippen LogP contribution >= 0.6 is 0 Å². The third kappa shape index (κ3) is 2.59. The van der Waals surface area contributed by atoms with Crippen LogP contribution in [0.2, 0.25) is 0 Å². The number of ether oxygens (including phenoxy) is 1. The van der Waals surface area contributed by atoms with Crippen molar-refractivity contribution in [2.75, 3.05) is 5.73 Å². The van der Waals surface area contributed by atoms with Gasteiger partial charge in [-0.1, -0.05) is 0 Å². The number of anilines is 1. The first-order chi connectivity index (χ1) is 7.41. The van der Waals surface area contributed by atoms with Crippen LogP contribution in [0.1, 0.15) is 18.6 Å². The Balaban J connectivity index is 2.96. The normalized spacial score (nSPS) is 11.8. The van der Waals surface area contributed by atoms with Crippen molar-refractivity contribution in [1.29, 1.82) is 0 Å². The van der Waals surface area contributed by atoms with Gasteiger partial charge in [-0.05, 0) is 24.6 Å². The zero-order chi connectivity index (χ0) is 12.3. The number of nitrogens with two attached hydrogens (primary N) is 2. The number of amides is 1. The second-order valence-corrected chi connectivity index (χ2v) is 3.15. The molecule has 1 aromatic rings. The predicted octanol–water partition coefficient (Wildman–Crippen LogP) is 1.33. The number of nitro groups is 1. The van der Waals surface area contributed by atoms with E-state index in [1.54, 1.807) is 6.92 Å². The molecule has 7 nitrogen and oxygen atoms in total. The van der Waals surface area contributed by atoms with Gasteiger partial charge in [-0.25, -0.2) is 4.79 Å². The predicted molar refractivity (Wildman–Crippen MR) is 56.6 cm³/mol. The molecule has 0 aliphatic carbocycles. The van der Waals surface area contributed by atoms with Crippen molar-refractivity contribution in [2.24, 2.45) is 5.73 Å². The van der Waals surface area contributed by atoms with E-state index in [9.17, 15) is 14.9 Å². The van der Waals surface area contributed by atoms with Gasteiger partial charge in [0.2, 0.25) is 0 Å². The number of carbonyl (C=O) groups is 1. The fourth-order valence-electron chi connectivity index (χ4n) is 1.23. The summed E-state index contributed by atoms with van der Waals surface area (Å²) in [5, 5.41) is 10.5.